The number of hydrogen-bond donors (Lipinski definition) is 1. The Labute approximate surface area is 145 Å². The van der Waals surface area contributed by atoms with Gasteiger partial charge in [-0.25, -0.2) is 13.1 Å². The number of nitrogens with zero attached hydrogens (tertiary/aromatic N) is 3. The molecule has 0 radical (unpaired) electrons. The van der Waals surface area contributed by atoms with Crippen LogP contribution in [0, 0.1) is 0 Å². The standard InChI is InChI=1S/C15H23F3N4O2S/c1-3-10-8-13(15(16,17)18)22-14(19-10)9-11(20-22)12-6-5-7-21(12)25(23,24)4-2/h9-10,12-13,19H,3-8H2,1-2H3. The van der Waals surface area contributed by atoms with E-state index in [2.05, 4.69) is 10.4 Å². The van der Waals surface area contributed by atoms with Crippen LogP contribution in [-0.4, -0.2) is 47.0 Å². The Bertz CT molecular complexity index is 732. The lowest BCUT2D eigenvalue weighted by atomic mass is 10.0. The zero-order chi connectivity index (χ0) is 18.4. The zero-order valence-electron chi connectivity index (χ0n) is 14.3. The fraction of sp³-hybridized carbons (Fsp3) is 0.800. The molecule has 3 heterocycles. The number of rotatable bonds is 4. The summed E-state index contributed by atoms with van der Waals surface area (Å²) in [5.74, 6) is 0.287. The lowest BCUT2D eigenvalue weighted by Gasteiger charge is -2.32. The summed E-state index contributed by atoms with van der Waals surface area (Å²) in [6.07, 6.45) is -2.63. The number of nitrogens with one attached hydrogen (secondary N) is 1. The van der Waals surface area contributed by atoms with Crippen molar-refractivity contribution in [3.8, 4) is 0 Å². The Balaban J connectivity index is 1.97. The molecular weight excluding hydrogens is 357 g/mol. The molecule has 0 spiro atoms. The van der Waals surface area contributed by atoms with Crippen LogP contribution in [0.15, 0.2) is 6.07 Å². The molecule has 1 fully saturated rings. The second-order valence-electron chi connectivity index (χ2n) is 6.61. The molecule has 25 heavy (non-hydrogen) atoms. The van der Waals surface area contributed by atoms with Gasteiger partial charge >= 0.3 is 6.18 Å². The number of aromatic nitrogens is 2. The van der Waals surface area contributed by atoms with Crippen LogP contribution in [0.4, 0.5) is 19.0 Å². The molecule has 10 heteroatoms. The molecule has 1 saturated heterocycles. The van der Waals surface area contributed by atoms with Gasteiger partial charge in [0.25, 0.3) is 0 Å². The normalized spacial score (nSPS) is 28.0. The molecule has 0 aromatic carbocycles. The van der Waals surface area contributed by atoms with E-state index in [1.165, 1.54) is 4.31 Å². The Morgan fingerprint density at radius 2 is 2.08 bits per heavy atom. The van der Waals surface area contributed by atoms with Gasteiger partial charge in [-0.2, -0.15) is 22.6 Å². The van der Waals surface area contributed by atoms with Gasteiger partial charge in [0.1, 0.15) is 5.82 Å². The highest BCUT2D eigenvalue weighted by Crippen LogP contribution is 2.42. The molecule has 1 aromatic rings. The van der Waals surface area contributed by atoms with Gasteiger partial charge in [0.15, 0.2) is 6.04 Å². The maximum Gasteiger partial charge on any atom is 0.410 e. The monoisotopic (exact) mass is 380 g/mol. The van der Waals surface area contributed by atoms with E-state index in [0.29, 0.717) is 37.3 Å². The average molecular weight is 380 g/mol. The van der Waals surface area contributed by atoms with Crippen molar-refractivity contribution in [2.45, 2.75) is 63.8 Å². The molecule has 0 amide bonds. The minimum Gasteiger partial charge on any atom is -0.367 e. The highest BCUT2D eigenvalue weighted by Gasteiger charge is 2.46. The van der Waals surface area contributed by atoms with Gasteiger partial charge in [-0.15, -0.1) is 0 Å². The van der Waals surface area contributed by atoms with E-state index in [1.54, 1.807) is 13.0 Å². The van der Waals surface area contributed by atoms with E-state index in [9.17, 15) is 21.6 Å². The van der Waals surface area contributed by atoms with E-state index in [-0.39, 0.29) is 18.2 Å². The van der Waals surface area contributed by atoms with Crippen LogP contribution in [0.5, 0.6) is 0 Å². The molecule has 0 saturated carbocycles. The number of fused-ring (bicyclic) bond motifs is 1. The quantitative estimate of drug-likeness (QED) is 0.872. The number of sulfonamides is 1. The third-order valence-electron chi connectivity index (χ3n) is 5.05. The third kappa shape index (κ3) is 3.38. The van der Waals surface area contributed by atoms with E-state index in [0.717, 1.165) is 4.68 Å². The van der Waals surface area contributed by atoms with Crippen LogP contribution in [-0.2, 0) is 10.0 Å². The lowest BCUT2D eigenvalue weighted by Crippen LogP contribution is -2.39. The number of halogens is 3. The first-order chi connectivity index (χ1) is 11.7. The summed E-state index contributed by atoms with van der Waals surface area (Å²) in [4.78, 5) is 0. The SMILES string of the molecule is CCC1CC(C(F)(F)F)n2nc(C3CCCN3S(=O)(=O)CC)cc2N1. The fourth-order valence-corrected chi connectivity index (χ4v) is 4.97. The predicted octanol–water partition coefficient (Wildman–Crippen LogP) is 3.07. The van der Waals surface area contributed by atoms with E-state index in [4.69, 9.17) is 0 Å². The summed E-state index contributed by atoms with van der Waals surface area (Å²) < 4.78 is 67.2. The van der Waals surface area contributed by atoms with E-state index >= 15 is 0 Å². The Morgan fingerprint density at radius 1 is 1.36 bits per heavy atom. The van der Waals surface area contributed by atoms with Crippen molar-refractivity contribution in [1.82, 2.24) is 14.1 Å². The molecule has 2 aliphatic rings. The molecule has 6 nitrogen and oxygen atoms in total. The molecule has 1 aromatic heterocycles. The van der Waals surface area contributed by atoms with Crippen LogP contribution in [0.3, 0.4) is 0 Å². The van der Waals surface area contributed by atoms with Gasteiger partial charge in [0.2, 0.25) is 10.0 Å². The third-order valence-corrected chi connectivity index (χ3v) is 6.93. The maximum atomic E-state index is 13.4. The topological polar surface area (TPSA) is 67.2 Å². The lowest BCUT2D eigenvalue weighted by molar-refractivity contribution is -0.173. The van der Waals surface area contributed by atoms with Crippen LogP contribution >= 0.6 is 0 Å². The minimum absolute atomic E-state index is 0.0294. The van der Waals surface area contributed by atoms with Gasteiger partial charge in [-0.1, -0.05) is 6.92 Å². The number of alkyl halides is 3. The van der Waals surface area contributed by atoms with Crippen molar-refractivity contribution in [2.24, 2.45) is 0 Å². The second-order valence-corrected chi connectivity index (χ2v) is 8.82. The molecular formula is C15H23F3N4O2S. The Kier molecular flexibility index (Phi) is 4.78. The Hall–Kier alpha value is -1.29. The van der Waals surface area contributed by atoms with Gasteiger partial charge in [0, 0.05) is 18.7 Å². The van der Waals surface area contributed by atoms with Crippen molar-refractivity contribution >= 4 is 15.8 Å². The highest BCUT2D eigenvalue weighted by atomic mass is 32.2. The molecule has 3 unspecified atom stereocenters. The molecule has 3 atom stereocenters. The fourth-order valence-electron chi connectivity index (χ4n) is 3.63. The van der Waals surface area contributed by atoms with Crippen LogP contribution in [0.2, 0.25) is 0 Å². The van der Waals surface area contributed by atoms with Crippen molar-refractivity contribution in [3.63, 3.8) is 0 Å². The molecule has 2 aliphatic heterocycles. The summed E-state index contributed by atoms with van der Waals surface area (Å²) in [5, 5.41) is 7.27. The van der Waals surface area contributed by atoms with Crippen molar-refractivity contribution in [3.05, 3.63) is 11.8 Å². The second kappa shape index (κ2) is 6.46. The Morgan fingerprint density at radius 3 is 2.68 bits per heavy atom. The predicted molar refractivity (Wildman–Crippen MR) is 87.8 cm³/mol. The maximum absolute atomic E-state index is 13.4. The van der Waals surface area contributed by atoms with Crippen LogP contribution in [0.1, 0.15) is 57.3 Å². The first kappa shape index (κ1) is 18.5. The minimum atomic E-state index is -4.39. The van der Waals surface area contributed by atoms with Crippen molar-refractivity contribution < 1.29 is 21.6 Å². The van der Waals surface area contributed by atoms with Crippen LogP contribution in [0.25, 0.3) is 0 Å². The summed E-state index contributed by atoms with van der Waals surface area (Å²) in [6.45, 7) is 3.79. The molecule has 0 bridgehead atoms. The van der Waals surface area contributed by atoms with Gasteiger partial charge < -0.3 is 5.32 Å². The molecule has 1 N–H and O–H groups in total. The summed E-state index contributed by atoms with van der Waals surface area (Å²) in [7, 11) is -3.41. The molecule has 142 valence electrons. The first-order valence-corrected chi connectivity index (χ1v) is 10.2. The van der Waals surface area contributed by atoms with Crippen molar-refractivity contribution in [1.29, 1.82) is 0 Å². The molecule has 0 aliphatic carbocycles. The van der Waals surface area contributed by atoms with Gasteiger partial charge in [-0.3, -0.25) is 0 Å². The van der Waals surface area contributed by atoms with Gasteiger partial charge in [-0.05, 0) is 32.6 Å². The van der Waals surface area contributed by atoms with Gasteiger partial charge in [0.05, 0.1) is 17.5 Å². The van der Waals surface area contributed by atoms with E-state index < -0.39 is 28.3 Å². The summed E-state index contributed by atoms with van der Waals surface area (Å²) >= 11 is 0. The van der Waals surface area contributed by atoms with Crippen LogP contribution < -0.4 is 5.32 Å². The summed E-state index contributed by atoms with van der Waals surface area (Å²) in [6, 6.07) is -0.865. The smallest absolute Gasteiger partial charge is 0.367 e. The molecule has 3 rings (SSSR count). The zero-order valence-corrected chi connectivity index (χ0v) is 15.1. The highest BCUT2D eigenvalue weighted by molar-refractivity contribution is 7.89. The van der Waals surface area contributed by atoms with Crippen molar-refractivity contribution in [2.75, 3.05) is 17.6 Å². The van der Waals surface area contributed by atoms with E-state index in [1.807, 2.05) is 6.92 Å². The largest absolute Gasteiger partial charge is 0.410 e. The average Bonchev–Trinajstić information content (AvgIpc) is 3.19. The first-order valence-electron chi connectivity index (χ1n) is 8.59. The number of hydrogen-bond acceptors (Lipinski definition) is 4. The number of anilines is 1. The summed E-state index contributed by atoms with van der Waals surface area (Å²) in [5.41, 5.74) is 0.392.